The van der Waals surface area contributed by atoms with Crippen molar-refractivity contribution in [2.24, 2.45) is 5.10 Å². The number of hydrogen-bond donors (Lipinski definition) is 3. The van der Waals surface area contributed by atoms with Gasteiger partial charge in [0.25, 0.3) is 10.0 Å². The van der Waals surface area contributed by atoms with Crippen LogP contribution in [0.2, 0.25) is 0 Å². The third kappa shape index (κ3) is 5.45. The summed E-state index contributed by atoms with van der Waals surface area (Å²) in [4.78, 5) is 11.5. The molecule has 0 saturated carbocycles. The zero-order valence-corrected chi connectivity index (χ0v) is 15.2. The Morgan fingerprint density at radius 2 is 1.74 bits per heavy atom. The fraction of sp³-hybridized carbons (Fsp3) is 0.118. The number of ether oxygens (including phenoxy) is 1. The molecule has 27 heavy (non-hydrogen) atoms. The van der Waals surface area contributed by atoms with Gasteiger partial charge in [0, 0.05) is 11.4 Å². The van der Waals surface area contributed by atoms with Gasteiger partial charge in [0.15, 0.2) is 0 Å². The van der Waals surface area contributed by atoms with Crippen molar-refractivity contribution in [2.75, 3.05) is 22.5 Å². The molecule has 0 aliphatic rings. The minimum Gasteiger partial charge on any atom is -0.461 e. The van der Waals surface area contributed by atoms with E-state index in [-0.39, 0.29) is 11.5 Å². The Labute approximate surface area is 156 Å². The van der Waals surface area contributed by atoms with Gasteiger partial charge in [-0.3, -0.25) is 10.1 Å². The Kier molecular flexibility index (Phi) is 6.35. The molecule has 2 rings (SSSR count). The normalized spacial score (nSPS) is 11.3. The second kappa shape index (κ2) is 8.68. The lowest BCUT2D eigenvalue weighted by Crippen LogP contribution is -2.17. The summed E-state index contributed by atoms with van der Waals surface area (Å²) >= 11 is 0. The molecule has 0 aliphatic carbocycles. The second-order valence-electron chi connectivity index (χ2n) is 5.16. The maximum atomic E-state index is 12.4. The molecule has 2 aromatic carbocycles. The molecule has 0 aliphatic heterocycles. The van der Waals surface area contributed by atoms with Crippen LogP contribution in [0, 0.1) is 11.3 Å². The van der Waals surface area contributed by atoms with Crippen LogP contribution in [0.5, 0.6) is 0 Å². The van der Waals surface area contributed by atoms with E-state index in [1.807, 2.05) is 0 Å². The van der Waals surface area contributed by atoms with E-state index < -0.39 is 21.7 Å². The van der Waals surface area contributed by atoms with E-state index >= 15 is 0 Å². The first-order chi connectivity index (χ1) is 12.9. The van der Waals surface area contributed by atoms with Crippen LogP contribution >= 0.6 is 0 Å². The number of anilines is 3. The third-order valence-electron chi connectivity index (χ3n) is 3.20. The van der Waals surface area contributed by atoms with Crippen molar-refractivity contribution in [2.45, 2.75) is 11.8 Å². The van der Waals surface area contributed by atoms with Crippen LogP contribution in [0.25, 0.3) is 0 Å². The topological polar surface area (TPSA) is 147 Å². The lowest BCUT2D eigenvalue weighted by molar-refractivity contribution is -0.134. The van der Waals surface area contributed by atoms with Gasteiger partial charge in [0.2, 0.25) is 5.71 Å². The quantitative estimate of drug-likeness (QED) is 0.284. The van der Waals surface area contributed by atoms with Crippen molar-refractivity contribution in [1.29, 1.82) is 5.26 Å². The molecule has 0 radical (unpaired) electrons. The SMILES string of the molecule is CCOC(=O)/C(C#N)=N/Nc1ccc(S(=O)(=O)Nc2ccc(N)cc2)cc1. The minimum absolute atomic E-state index is 0.0275. The first-order valence-corrected chi connectivity index (χ1v) is 9.23. The average Bonchev–Trinajstić information content (AvgIpc) is 2.64. The zero-order valence-electron chi connectivity index (χ0n) is 14.3. The van der Waals surface area contributed by atoms with Crippen LogP contribution in [0.1, 0.15) is 6.92 Å². The first-order valence-electron chi connectivity index (χ1n) is 7.75. The largest absolute Gasteiger partial charge is 0.461 e. The van der Waals surface area contributed by atoms with E-state index in [2.05, 4.69) is 20.0 Å². The average molecular weight is 387 g/mol. The van der Waals surface area contributed by atoms with E-state index in [9.17, 15) is 13.2 Å². The lowest BCUT2D eigenvalue weighted by Gasteiger charge is -2.09. The molecule has 140 valence electrons. The van der Waals surface area contributed by atoms with Crippen molar-refractivity contribution < 1.29 is 17.9 Å². The van der Waals surface area contributed by atoms with Crippen molar-refractivity contribution in [3.05, 3.63) is 48.5 Å². The molecule has 0 bridgehead atoms. The number of nitrogens with zero attached hydrogens (tertiary/aromatic N) is 2. The van der Waals surface area contributed by atoms with Crippen LogP contribution in [0.3, 0.4) is 0 Å². The van der Waals surface area contributed by atoms with Gasteiger partial charge in [-0.2, -0.15) is 10.4 Å². The molecule has 10 heteroatoms. The van der Waals surface area contributed by atoms with Crippen molar-refractivity contribution in [3.63, 3.8) is 0 Å². The second-order valence-corrected chi connectivity index (χ2v) is 6.84. The van der Waals surface area contributed by atoms with Crippen LogP contribution in [0.15, 0.2) is 58.5 Å². The number of esters is 1. The summed E-state index contributed by atoms with van der Waals surface area (Å²) < 4.78 is 31.9. The molecule has 0 aromatic heterocycles. The van der Waals surface area contributed by atoms with Crippen molar-refractivity contribution in [3.8, 4) is 6.07 Å². The predicted molar refractivity (Wildman–Crippen MR) is 101 cm³/mol. The Bertz CT molecular complexity index is 977. The highest BCUT2D eigenvalue weighted by Crippen LogP contribution is 2.19. The van der Waals surface area contributed by atoms with Gasteiger partial charge in [-0.25, -0.2) is 13.2 Å². The molecular formula is C17H17N5O4S. The number of hydrogen-bond acceptors (Lipinski definition) is 8. The summed E-state index contributed by atoms with van der Waals surface area (Å²) in [5.74, 6) is -0.848. The van der Waals surface area contributed by atoms with Crippen molar-refractivity contribution >= 4 is 38.8 Å². The van der Waals surface area contributed by atoms with Crippen LogP contribution < -0.4 is 15.9 Å². The number of nitrogen functional groups attached to an aromatic ring is 1. The Hall–Kier alpha value is -3.58. The molecule has 2 aromatic rings. The van der Waals surface area contributed by atoms with E-state index in [1.54, 1.807) is 37.3 Å². The number of rotatable bonds is 7. The fourth-order valence-corrected chi connectivity index (χ4v) is 2.97. The molecule has 9 nitrogen and oxygen atoms in total. The first kappa shape index (κ1) is 19.7. The fourth-order valence-electron chi connectivity index (χ4n) is 1.91. The van der Waals surface area contributed by atoms with Gasteiger partial charge >= 0.3 is 5.97 Å². The highest BCUT2D eigenvalue weighted by Gasteiger charge is 2.14. The number of nitrogens with two attached hydrogens (primary N) is 1. The standard InChI is InChI=1S/C17H17N5O4S/c1-2-26-17(23)16(11-18)21-20-13-7-9-15(10-8-13)27(24,25)22-14-5-3-12(19)4-6-14/h3-10,20,22H,2,19H2,1H3/b21-16+. The number of sulfonamides is 1. The van der Waals surface area contributed by atoms with Gasteiger partial charge in [0.1, 0.15) is 6.07 Å². The van der Waals surface area contributed by atoms with Crippen LogP contribution in [-0.2, 0) is 19.6 Å². The van der Waals surface area contributed by atoms with E-state index in [1.165, 1.54) is 24.3 Å². The summed E-state index contributed by atoms with van der Waals surface area (Å²) in [6.45, 7) is 1.73. The number of carbonyl (C=O) groups is 1. The monoisotopic (exact) mass is 387 g/mol. The number of benzene rings is 2. The maximum Gasteiger partial charge on any atom is 0.369 e. The maximum absolute atomic E-state index is 12.4. The summed E-state index contributed by atoms with van der Waals surface area (Å²) in [6.07, 6.45) is 0. The lowest BCUT2D eigenvalue weighted by atomic mass is 10.3. The summed E-state index contributed by atoms with van der Waals surface area (Å²) in [5.41, 5.74) is 8.92. The van der Waals surface area contributed by atoms with Crippen LogP contribution in [-0.4, -0.2) is 26.7 Å². The molecule has 0 amide bonds. The van der Waals surface area contributed by atoms with Gasteiger partial charge in [-0.05, 0) is 55.5 Å². The highest BCUT2D eigenvalue weighted by atomic mass is 32.2. The summed E-state index contributed by atoms with van der Waals surface area (Å²) in [6, 6.07) is 13.5. The summed E-state index contributed by atoms with van der Waals surface area (Å²) in [5, 5.41) is 12.5. The molecule has 0 fully saturated rings. The number of nitriles is 1. The van der Waals surface area contributed by atoms with E-state index in [0.29, 0.717) is 17.1 Å². The molecular weight excluding hydrogens is 370 g/mol. The van der Waals surface area contributed by atoms with Crippen LogP contribution in [0.4, 0.5) is 17.1 Å². The molecule has 0 atom stereocenters. The van der Waals surface area contributed by atoms with Gasteiger partial charge in [-0.1, -0.05) is 0 Å². The third-order valence-corrected chi connectivity index (χ3v) is 4.60. The molecule has 0 heterocycles. The van der Waals surface area contributed by atoms with E-state index in [0.717, 1.165) is 0 Å². The van der Waals surface area contributed by atoms with Gasteiger partial charge in [-0.15, -0.1) is 0 Å². The number of hydrazone groups is 1. The number of carbonyl (C=O) groups excluding carboxylic acids is 1. The smallest absolute Gasteiger partial charge is 0.369 e. The van der Waals surface area contributed by atoms with Crippen molar-refractivity contribution in [1.82, 2.24) is 0 Å². The zero-order chi connectivity index (χ0) is 19.9. The Balaban J connectivity index is 2.11. The number of nitrogens with one attached hydrogen (secondary N) is 2. The Morgan fingerprint density at radius 1 is 1.15 bits per heavy atom. The predicted octanol–water partition coefficient (Wildman–Crippen LogP) is 1.92. The minimum atomic E-state index is -3.78. The highest BCUT2D eigenvalue weighted by molar-refractivity contribution is 7.92. The molecule has 4 N–H and O–H groups in total. The Morgan fingerprint density at radius 3 is 2.30 bits per heavy atom. The van der Waals surface area contributed by atoms with Gasteiger partial charge < -0.3 is 10.5 Å². The molecule has 0 saturated heterocycles. The van der Waals surface area contributed by atoms with Gasteiger partial charge in [0.05, 0.1) is 17.2 Å². The van der Waals surface area contributed by atoms with E-state index in [4.69, 9.17) is 11.0 Å². The molecule has 0 unspecified atom stereocenters. The summed E-state index contributed by atoms with van der Waals surface area (Å²) in [7, 11) is -3.78. The molecule has 0 spiro atoms.